The summed E-state index contributed by atoms with van der Waals surface area (Å²) in [6.45, 7) is 0.0279. The first-order valence-corrected chi connectivity index (χ1v) is 10.2. The molecule has 1 aliphatic rings. The highest BCUT2D eigenvalue weighted by atomic mass is 19.4. The van der Waals surface area contributed by atoms with Crippen molar-refractivity contribution in [3.63, 3.8) is 0 Å². The number of rotatable bonds is 7. The van der Waals surface area contributed by atoms with Crippen LogP contribution in [-0.2, 0) is 33.0 Å². The molecule has 180 valence electrons. The van der Waals surface area contributed by atoms with Crippen LogP contribution in [0.4, 0.5) is 26.3 Å². The van der Waals surface area contributed by atoms with Gasteiger partial charge >= 0.3 is 18.3 Å². The zero-order valence-electron chi connectivity index (χ0n) is 17.3. The quantitative estimate of drug-likeness (QED) is 0.506. The highest BCUT2D eigenvalue weighted by Crippen LogP contribution is 2.39. The predicted molar refractivity (Wildman–Crippen MR) is 105 cm³/mol. The number of carbonyl (C=O) groups is 1. The molecule has 1 heterocycles. The van der Waals surface area contributed by atoms with Crippen LogP contribution in [0.3, 0.4) is 0 Å². The summed E-state index contributed by atoms with van der Waals surface area (Å²) >= 11 is 0. The van der Waals surface area contributed by atoms with Crippen LogP contribution in [0, 0.1) is 5.92 Å². The number of ether oxygens (including phenoxy) is 2. The topological polar surface area (TPSA) is 55.8 Å². The van der Waals surface area contributed by atoms with Crippen LogP contribution in [0.2, 0.25) is 0 Å². The van der Waals surface area contributed by atoms with Crippen molar-refractivity contribution in [2.75, 3.05) is 13.2 Å². The molecule has 3 atom stereocenters. The number of aliphatic carboxylic acids is 1. The lowest BCUT2D eigenvalue weighted by Crippen LogP contribution is -2.38. The van der Waals surface area contributed by atoms with Crippen molar-refractivity contribution >= 4 is 5.97 Å². The molecule has 0 amide bonds. The summed E-state index contributed by atoms with van der Waals surface area (Å²) in [4.78, 5) is 11.3. The summed E-state index contributed by atoms with van der Waals surface area (Å²) in [6.07, 6.45) is -10.6. The van der Waals surface area contributed by atoms with E-state index in [2.05, 4.69) is 0 Å². The van der Waals surface area contributed by atoms with Gasteiger partial charge < -0.3 is 14.6 Å². The molecule has 4 nitrogen and oxygen atoms in total. The lowest BCUT2D eigenvalue weighted by Gasteiger charge is -2.37. The molecular weight excluding hydrogens is 454 g/mol. The van der Waals surface area contributed by atoms with E-state index >= 15 is 0 Å². The van der Waals surface area contributed by atoms with E-state index in [4.69, 9.17) is 9.47 Å². The van der Waals surface area contributed by atoms with Crippen molar-refractivity contribution in [1.82, 2.24) is 0 Å². The lowest BCUT2D eigenvalue weighted by molar-refractivity contribution is -0.189. The summed E-state index contributed by atoms with van der Waals surface area (Å²) in [5.74, 6) is -1.72. The molecule has 0 unspecified atom stereocenters. The Bertz CT molecular complexity index is 910. The SMILES string of the molecule is O=C(O)C[C@H]1CCO[C@H](OCCc2cc(C(F)(F)F)cc(C(F)(F)F)c2)[C@H]1c1ccccc1. The number of alkyl halides is 6. The fraction of sp³-hybridized carbons (Fsp3) is 0.435. The Morgan fingerprint density at radius 3 is 2.15 bits per heavy atom. The normalized spacial score (nSPS) is 21.7. The molecule has 2 aromatic carbocycles. The van der Waals surface area contributed by atoms with Gasteiger partial charge in [-0.1, -0.05) is 30.3 Å². The zero-order chi connectivity index (χ0) is 24.2. The molecule has 1 aliphatic heterocycles. The molecule has 33 heavy (non-hydrogen) atoms. The minimum atomic E-state index is -4.92. The first-order chi connectivity index (χ1) is 15.4. The Balaban J connectivity index is 1.77. The fourth-order valence-corrected chi connectivity index (χ4v) is 4.01. The van der Waals surface area contributed by atoms with Gasteiger partial charge in [0.15, 0.2) is 6.29 Å². The van der Waals surface area contributed by atoms with Crippen LogP contribution in [0.5, 0.6) is 0 Å². The summed E-state index contributed by atoms with van der Waals surface area (Å²) in [5.41, 5.74) is -2.16. The molecule has 10 heteroatoms. The molecular formula is C23H22F6O4. The van der Waals surface area contributed by atoms with Crippen molar-refractivity contribution in [2.24, 2.45) is 5.92 Å². The highest BCUT2D eigenvalue weighted by molar-refractivity contribution is 5.67. The Labute approximate surface area is 186 Å². The van der Waals surface area contributed by atoms with Gasteiger partial charge in [0.1, 0.15) is 0 Å². The van der Waals surface area contributed by atoms with Gasteiger partial charge in [0.05, 0.1) is 24.3 Å². The van der Waals surface area contributed by atoms with Gasteiger partial charge in [-0.25, -0.2) is 0 Å². The van der Waals surface area contributed by atoms with Crippen molar-refractivity contribution in [3.05, 3.63) is 70.8 Å². The molecule has 2 aromatic rings. The number of benzene rings is 2. The van der Waals surface area contributed by atoms with Gasteiger partial charge in [0, 0.05) is 12.3 Å². The lowest BCUT2D eigenvalue weighted by atomic mass is 9.80. The van der Waals surface area contributed by atoms with Crippen molar-refractivity contribution in [2.45, 2.75) is 43.8 Å². The maximum absolute atomic E-state index is 13.1. The molecule has 1 N–H and O–H groups in total. The third-order valence-electron chi connectivity index (χ3n) is 5.51. The first-order valence-electron chi connectivity index (χ1n) is 10.2. The van der Waals surface area contributed by atoms with Gasteiger partial charge in [-0.2, -0.15) is 26.3 Å². The average molecular weight is 476 g/mol. The third-order valence-corrected chi connectivity index (χ3v) is 5.51. The van der Waals surface area contributed by atoms with E-state index in [9.17, 15) is 36.2 Å². The van der Waals surface area contributed by atoms with E-state index in [1.807, 2.05) is 0 Å². The van der Waals surface area contributed by atoms with Gasteiger partial charge in [0.2, 0.25) is 0 Å². The van der Waals surface area contributed by atoms with Crippen LogP contribution in [0.25, 0.3) is 0 Å². The third kappa shape index (κ3) is 6.70. The molecule has 0 bridgehead atoms. The number of carboxylic acids is 1. The van der Waals surface area contributed by atoms with Gasteiger partial charge in [0.25, 0.3) is 0 Å². The van der Waals surface area contributed by atoms with Crippen LogP contribution >= 0.6 is 0 Å². The van der Waals surface area contributed by atoms with Crippen molar-refractivity contribution in [1.29, 1.82) is 0 Å². The van der Waals surface area contributed by atoms with E-state index < -0.39 is 41.7 Å². The maximum Gasteiger partial charge on any atom is 0.416 e. The molecule has 0 saturated carbocycles. The predicted octanol–water partition coefficient (Wildman–Crippen LogP) is 5.90. The smallest absolute Gasteiger partial charge is 0.416 e. The summed E-state index contributed by atoms with van der Waals surface area (Å²) in [7, 11) is 0. The molecule has 0 radical (unpaired) electrons. The second kappa shape index (κ2) is 10.1. The van der Waals surface area contributed by atoms with E-state index in [0.29, 0.717) is 18.6 Å². The summed E-state index contributed by atoms with van der Waals surface area (Å²) < 4.78 is 89.8. The number of hydrogen-bond donors (Lipinski definition) is 1. The zero-order valence-corrected chi connectivity index (χ0v) is 17.3. The molecule has 0 spiro atoms. The van der Waals surface area contributed by atoms with Crippen molar-refractivity contribution < 1.29 is 45.7 Å². The largest absolute Gasteiger partial charge is 0.481 e. The second-order valence-corrected chi connectivity index (χ2v) is 7.86. The molecule has 1 fully saturated rings. The van der Waals surface area contributed by atoms with Crippen LogP contribution < -0.4 is 0 Å². The minimum absolute atomic E-state index is 0.0799. The molecule has 0 aromatic heterocycles. The van der Waals surface area contributed by atoms with Crippen LogP contribution in [-0.4, -0.2) is 30.6 Å². The van der Waals surface area contributed by atoms with Crippen LogP contribution in [0.1, 0.15) is 41.0 Å². The molecule has 0 aliphatic carbocycles. The summed E-state index contributed by atoms with van der Waals surface area (Å²) in [5, 5.41) is 9.26. The standard InChI is InChI=1S/C23H22F6O4/c24-22(25,26)17-10-14(11-18(13-17)23(27,28)29)6-8-32-21-20(15-4-2-1-3-5-15)16(7-9-33-21)12-19(30)31/h1-5,10-11,13,16,20-21H,6-9,12H2,(H,30,31)/t16-,20+,21+/m1/s1. The van der Waals surface area contributed by atoms with Crippen LogP contribution in [0.15, 0.2) is 48.5 Å². The fourth-order valence-electron chi connectivity index (χ4n) is 4.01. The monoisotopic (exact) mass is 476 g/mol. The summed E-state index contributed by atoms with van der Waals surface area (Å²) in [6, 6.07) is 10.4. The minimum Gasteiger partial charge on any atom is -0.481 e. The molecule has 3 rings (SSSR count). The number of carboxylic acid groups (broad SMARTS) is 1. The maximum atomic E-state index is 13.1. The van der Waals surface area contributed by atoms with Crippen molar-refractivity contribution in [3.8, 4) is 0 Å². The Hall–Kier alpha value is -2.59. The average Bonchev–Trinajstić information content (AvgIpc) is 2.73. The second-order valence-electron chi connectivity index (χ2n) is 7.86. The van der Waals surface area contributed by atoms with E-state index in [1.165, 1.54) is 0 Å². The van der Waals surface area contributed by atoms with E-state index in [0.717, 1.165) is 5.56 Å². The first kappa shape index (κ1) is 25.0. The highest BCUT2D eigenvalue weighted by Gasteiger charge is 2.38. The molecule has 1 saturated heterocycles. The Morgan fingerprint density at radius 2 is 1.61 bits per heavy atom. The van der Waals surface area contributed by atoms with Gasteiger partial charge in [-0.3, -0.25) is 4.79 Å². The van der Waals surface area contributed by atoms with Gasteiger partial charge in [-0.15, -0.1) is 0 Å². The van der Waals surface area contributed by atoms with Gasteiger partial charge in [-0.05, 0) is 48.1 Å². The van der Waals surface area contributed by atoms with E-state index in [1.54, 1.807) is 30.3 Å². The number of halogens is 6. The number of hydrogen-bond acceptors (Lipinski definition) is 3. The Morgan fingerprint density at radius 1 is 1.00 bits per heavy atom. The Kier molecular flexibility index (Phi) is 7.69. The van der Waals surface area contributed by atoms with E-state index in [-0.39, 0.29) is 43.6 Å².